The maximum atomic E-state index is 14.4. The summed E-state index contributed by atoms with van der Waals surface area (Å²) in [7, 11) is 0. The molecule has 1 amide bonds. The van der Waals surface area contributed by atoms with Crippen LogP contribution < -0.4 is 5.32 Å². The van der Waals surface area contributed by atoms with Crippen molar-refractivity contribution >= 4 is 27.7 Å². The minimum Gasteiger partial charge on any atom is -0.305 e. The zero-order valence-electron chi connectivity index (χ0n) is 16.6. The second-order valence-corrected chi connectivity index (χ2v) is 8.36. The predicted octanol–water partition coefficient (Wildman–Crippen LogP) is 4.76. The van der Waals surface area contributed by atoms with Gasteiger partial charge in [0.05, 0.1) is 12.7 Å². The van der Waals surface area contributed by atoms with E-state index in [2.05, 4.69) is 31.4 Å². The average molecular weight is 480 g/mol. The number of nitrogens with zero attached hydrogens (tertiary/aromatic N) is 4. The number of fused-ring (bicyclic) bond motifs is 1. The highest BCUT2D eigenvalue weighted by molar-refractivity contribution is 9.10. The molecule has 1 aliphatic carbocycles. The Kier molecular flexibility index (Phi) is 5.15. The Bertz CT molecular complexity index is 1260. The second-order valence-electron chi connectivity index (χ2n) is 7.45. The molecule has 2 aromatic carbocycles. The molecule has 2 aromatic heterocycles. The molecule has 2 heterocycles. The van der Waals surface area contributed by atoms with E-state index in [9.17, 15) is 9.18 Å². The molecule has 0 radical (unpaired) electrons. The smallest absolute Gasteiger partial charge is 0.277 e. The molecule has 0 spiro atoms. The van der Waals surface area contributed by atoms with Crippen LogP contribution in [-0.2, 0) is 19.4 Å². The molecule has 1 N–H and O–H groups in total. The minimum absolute atomic E-state index is 0.314. The maximum absolute atomic E-state index is 14.4. The number of anilines is 1. The normalized spacial score (nSPS) is 12.7. The van der Waals surface area contributed by atoms with Crippen LogP contribution in [0.25, 0.3) is 5.69 Å². The van der Waals surface area contributed by atoms with Gasteiger partial charge in [0.1, 0.15) is 17.3 Å². The summed E-state index contributed by atoms with van der Waals surface area (Å²) in [5.74, 6) is -0.0925. The lowest BCUT2D eigenvalue weighted by atomic mass is 10.2. The number of hydrogen-bond acceptors (Lipinski definition) is 3. The van der Waals surface area contributed by atoms with Crippen molar-refractivity contribution in [2.24, 2.45) is 0 Å². The van der Waals surface area contributed by atoms with Crippen molar-refractivity contribution in [3.63, 3.8) is 0 Å². The highest BCUT2D eigenvalue weighted by Crippen LogP contribution is 2.29. The molecule has 0 saturated heterocycles. The molecule has 156 valence electrons. The first-order valence-electron chi connectivity index (χ1n) is 10.0. The van der Waals surface area contributed by atoms with Crippen LogP contribution in [0.15, 0.2) is 65.3 Å². The standard InChI is InChI=1S/C23H19BrFN5O/c24-16-10-8-15(9-11-16)14-29-21(12-13-26-29)27-23(31)22-17-4-3-7-19(17)30(28-22)20-6-2-1-5-18(20)25/h1-2,5-6,8-13H,3-4,7,14H2,(H,27,31). The summed E-state index contributed by atoms with van der Waals surface area (Å²) in [4.78, 5) is 13.1. The van der Waals surface area contributed by atoms with E-state index in [0.717, 1.165) is 40.6 Å². The van der Waals surface area contributed by atoms with Gasteiger partial charge < -0.3 is 5.32 Å². The summed E-state index contributed by atoms with van der Waals surface area (Å²) in [6.45, 7) is 0.525. The second kappa shape index (κ2) is 8.11. The van der Waals surface area contributed by atoms with E-state index in [1.54, 1.807) is 39.8 Å². The summed E-state index contributed by atoms with van der Waals surface area (Å²) in [6, 6.07) is 16.2. The van der Waals surface area contributed by atoms with Crippen molar-refractivity contribution in [1.29, 1.82) is 0 Å². The number of halogens is 2. The Morgan fingerprint density at radius 1 is 1.10 bits per heavy atom. The number of amides is 1. The Balaban J connectivity index is 1.42. The summed E-state index contributed by atoms with van der Waals surface area (Å²) < 4.78 is 18.7. The Morgan fingerprint density at radius 3 is 2.71 bits per heavy atom. The fraction of sp³-hybridized carbons (Fsp3) is 0.174. The molecule has 0 aliphatic heterocycles. The lowest BCUT2D eigenvalue weighted by Crippen LogP contribution is -2.18. The number of aromatic nitrogens is 4. The molecular formula is C23H19BrFN5O. The zero-order valence-corrected chi connectivity index (χ0v) is 18.1. The van der Waals surface area contributed by atoms with Gasteiger partial charge in [0, 0.05) is 21.8 Å². The van der Waals surface area contributed by atoms with E-state index < -0.39 is 0 Å². The number of carbonyl (C=O) groups is 1. The molecule has 8 heteroatoms. The third-order valence-electron chi connectivity index (χ3n) is 5.43. The van der Waals surface area contributed by atoms with Crippen LogP contribution in [0.1, 0.15) is 33.7 Å². The number of carbonyl (C=O) groups excluding carboxylic acids is 1. The fourth-order valence-electron chi connectivity index (χ4n) is 3.95. The Labute approximate surface area is 186 Å². The molecule has 31 heavy (non-hydrogen) atoms. The van der Waals surface area contributed by atoms with Crippen molar-refractivity contribution in [3.8, 4) is 5.69 Å². The van der Waals surface area contributed by atoms with Gasteiger partial charge in [-0.05, 0) is 49.1 Å². The van der Waals surface area contributed by atoms with Crippen LogP contribution in [0, 0.1) is 5.82 Å². The zero-order chi connectivity index (χ0) is 21.4. The molecular weight excluding hydrogens is 461 g/mol. The predicted molar refractivity (Wildman–Crippen MR) is 119 cm³/mol. The Hall–Kier alpha value is -3.26. The van der Waals surface area contributed by atoms with Crippen LogP contribution in [0.4, 0.5) is 10.2 Å². The fourth-order valence-corrected chi connectivity index (χ4v) is 4.21. The van der Waals surface area contributed by atoms with E-state index in [0.29, 0.717) is 23.7 Å². The molecule has 0 saturated carbocycles. The van der Waals surface area contributed by atoms with E-state index in [1.165, 1.54) is 6.07 Å². The number of hydrogen-bond donors (Lipinski definition) is 1. The quantitative estimate of drug-likeness (QED) is 0.448. The molecule has 5 rings (SSSR count). The third kappa shape index (κ3) is 3.79. The molecule has 1 aliphatic rings. The van der Waals surface area contributed by atoms with Crippen LogP contribution in [0.2, 0.25) is 0 Å². The first kappa shape index (κ1) is 19.7. The summed E-state index contributed by atoms with van der Waals surface area (Å²) >= 11 is 3.43. The molecule has 0 unspecified atom stereocenters. The highest BCUT2D eigenvalue weighted by Gasteiger charge is 2.28. The monoisotopic (exact) mass is 479 g/mol. The lowest BCUT2D eigenvalue weighted by molar-refractivity contribution is 0.102. The van der Waals surface area contributed by atoms with Gasteiger partial charge in [-0.1, -0.05) is 40.2 Å². The third-order valence-corrected chi connectivity index (χ3v) is 5.96. The molecule has 6 nitrogen and oxygen atoms in total. The minimum atomic E-state index is -0.362. The molecule has 0 fully saturated rings. The van der Waals surface area contributed by atoms with E-state index >= 15 is 0 Å². The van der Waals surface area contributed by atoms with Crippen molar-refractivity contribution in [2.75, 3.05) is 5.32 Å². The van der Waals surface area contributed by atoms with E-state index in [-0.39, 0.29) is 11.7 Å². The van der Waals surface area contributed by atoms with Gasteiger partial charge in [-0.25, -0.2) is 13.8 Å². The van der Waals surface area contributed by atoms with Crippen LogP contribution in [0.3, 0.4) is 0 Å². The number of nitrogens with one attached hydrogen (secondary N) is 1. The summed E-state index contributed by atoms with van der Waals surface area (Å²) in [5.41, 5.74) is 3.55. The van der Waals surface area contributed by atoms with E-state index in [4.69, 9.17) is 0 Å². The molecule has 0 atom stereocenters. The van der Waals surface area contributed by atoms with Crippen LogP contribution >= 0.6 is 15.9 Å². The van der Waals surface area contributed by atoms with Gasteiger partial charge in [0.25, 0.3) is 5.91 Å². The van der Waals surface area contributed by atoms with Crippen molar-refractivity contribution in [3.05, 3.63) is 93.6 Å². The summed E-state index contributed by atoms with van der Waals surface area (Å²) in [5, 5.41) is 11.8. The van der Waals surface area contributed by atoms with Crippen molar-refractivity contribution < 1.29 is 9.18 Å². The van der Waals surface area contributed by atoms with Crippen LogP contribution in [-0.4, -0.2) is 25.5 Å². The largest absolute Gasteiger partial charge is 0.305 e. The van der Waals surface area contributed by atoms with Gasteiger partial charge >= 0.3 is 0 Å². The number of benzene rings is 2. The maximum Gasteiger partial charge on any atom is 0.277 e. The topological polar surface area (TPSA) is 64.7 Å². The van der Waals surface area contributed by atoms with E-state index in [1.807, 2.05) is 24.3 Å². The lowest BCUT2D eigenvalue weighted by Gasteiger charge is -2.09. The first-order valence-corrected chi connectivity index (χ1v) is 10.8. The van der Waals surface area contributed by atoms with Gasteiger partial charge in [0.2, 0.25) is 0 Å². The molecule has 4 aromatic rings. The first-order chi connectivity index (χ1) is 15.1. The van der Waals surface area contributed by atoms with Gasteiger partial charge in [-0.15, -0.1) is 0 Å². The average Bonchev–Trinajstić information content (AvgIpc) is 3.48. The number of para-hydroxylation sites is 1. The summed E-state index contributed by atoms with van der Waals surface area (Å²) in [6.07, 6.45) is 4.09. The Morgan fingerprint density at radius 2 is 1.90 bits per heavy atom. The SMILES string of the molecule is O=C(Nc1ccnn1Cc1ccc(Br)cc1)c1nn(-c2ccccc2F)c2c1CCC2. The highest BCUT2D eigenvalue weighted by atomic mass is 79.9. The van der Waals surface area contributed by atoms with Gasteiger partial charge in [0.15, 0.2) is 5.69 Å². The van der Waals surface area contributed by atoms with Crippen molar-refractivity contribution in [1.82, 2.24) is 19.6 Å². The van der Waals surface area contributed by atoms with Gasteiger partial charge in [-0.3, -0.25) is 4.79 Å². The van der Waals surface area contributed by atoms with Crippen LogP contribution in [0.5, 0.6) is 0 Å². The van der Waals surface area contributed by atoms with Crippen molar-refractivity contribution in [2.45, 2.75) is 25.8 Å². The molecule has 0 bridgehead atoms. The number of rotatable bonds is 5. The van der Waals surface area contributed by atoms with Gasteiger partial charge in [-0.2, -0.15) is 10.2 Å².